The summed E-state index contributed by atoms with van der Waals surface area (Å²) in [5.74, 6) is 1.23. The lowest BCUT2D eigenvalue weighted by Gasteiger charge is -2.25. The molecule has 0 radical (unpaired) electrons. The lowest BCUT2D eigenvalue weighted by molar-refractivity contribution is 0.271. The van der Waals surface area contributed by atoms with Crippen molar-refractivity contribution in [2.75, 3.05) is 25.0 Å². The van der Waals surface area contributed by atoms with Crippen LogP contribution in [0.1, 0.15) is 36.0 Å². The molecule has 5 nitrogen and oxygen atoms in total. The molecule has 1 fully saturated rings. The van der Waals surface area contributed by atoms with E-state index >= 15 is 0 Å². The highest BCUT2D eigenvalue weighted by atomic mass is 16.3. The van der Waals surface area contributed by atoms with Crippen molar-refractivity contribution < 1.29 is 5.11 Å². The summed E-state index contributed by atoms with van der Waals surface area (Å²) >= 11 is 0. The average molecular weight is 312 g/mol. The fourth-order valence-corrected chi connectivity index (χ4v) is 3.10. The molecule has 2 N–H and O–H groups in total. The van der Waals surface area contributed by atoms with Crippen LogP contribution in [-0.4, -0.2) is 39.6 Å². The van der Waals surface area contributed by atoms with Crippen LogP contribution in [0, 0.1) is 6.92 Å². The summed E-state index contributed by atoms with van der Waals surface area (Å²) in [4.78, 5) is 11.1. The minimum Gasteiger partial charge on any atom is -0.388 e. The second kappa shape index (κ2) is 7.53. The molecule has 1 aromatic carbocycles. The second-order valence-electron chi connectivity index (χ2n) is 6.08. The smallest absolute Gasteiger partial charge is 0.156 e. The average Bonchev–Trinajstić information content (AvgIpc) is 3.07. The van der Waals surface area contributed by atoms with Gasteiger partial charge < -0.3 is 15.3 Å². The van der Waals surface area contributed by atoms with Crippen LogP contribution in [0.5, 0.6) is 0 Å². The van der Waals surface area contributed by atoms with Gasteiger partial charge in [0.25, 0.3) is 0 Å². The molecule has 1 unspecified atom stereocenters. The number of hydrogen-bond donors (Lipinski definition) is 2. The molecular weight excluding hydrogens is 288 g/mol. The molecular formula is C18H24N4O. The van der Waals surface area contributed by atoms with Gasteiger partial charge in [0.15, 0.2) is 5.82 Å². The maximum Gasteiger partial charge on any atom is 0.156 e. The predicted octanol–water partition coefficient (Wildman–Crippen LogP) is 2.53. The Hall–Kier alpha value is -1.98. The van der Waals surface area contributed by atoms with Gasteiger partial charge in [-0.2, -0.15) is 0 Å². The highest BCUT2D eigenvalue weighted by Gasteiger charge is 2.19. The Morgan fingerprint density at radius 2 is 1.91 bits per heavy atom. The van der Waals surface area contributed by atoms with Gasteiger partial charge in [0.2, 0.25) is 0 Å². The molecule has 1 aliphatic heterocycles. The third kappa shape index (κ3) is 4.27. The summed E-state index contributed by atoms with van der Waals surface area (Å²) in [5, 5.41) is 12.8. The van der Waals surface area contributed by atoms with Crippen LogP contribution >= 0.6 is 0 Å². The van der Waals surface area contributed by atoms with Crippen LogP contribution in [0.15, 0.2) is 36.4 Å². The minimum atomic E-state index is -0.140. The molecule has 5 heteroatoms. The Kier molecular flexibility index (Phi) is 5.20. The predicted molar refractivity (Wildman–Crippen MR) is 91.2 cm³/mol. The van der Waals surface area contributed by atoms with Crippen molar-refractivity contribution in [3.05, 3.63) is 53.5 Å². The number of nitrogens with zero attached hydrogens (tertiary/aromatic N) is 3. The molecule has 0 spiro atoms. The number of rotatable bonds is 6. The van der Waals surface area contributed by atoms with E-state index in [0.717, 1.165) is 31.1 Å². The van der Waals surface area contributed by atoms with E-state index in [2.05, 4.69) is 44.5 Å². The molecule has 0 aliphatic carbocycles. The summed E-state index contributed by atoms with van der Waals surface area (Å²) in [5.41, 5.74) is 2.11. The summed E-state index contributed by atoms with van der Waals surface area (Å²) in [6.07, 6.45) is 2.56. The van der Waals surface area contributed by atoms with E-state index < -0.39 is 0 Å². The Morgan fingerprint density at radius 1 is 1.17 bits per heavy atom. The van der Waals surface area contributed by atoms with Crippen LogP contribution in [0.2, 0.25) is 0 Å². The number of aromatic nitrogens is 2. The highest BCUT2D eigenvalue weighted by Crippen LogP contribution is 2.22. The third-order valence-corrected chi connectivity index (χ3v) is 4.21. The maximum absolute atomic E-state index is 9.31. The van der Waals surface area contributed by atoms with Gasteiger partial charge in [-0.3, -0.25) is 0 Å². The van der Waals surface area contributed by atoms with Crippen LogP contribution < -0.4 is 5.32 Å². The zero-order valence-electron chi connectivity index (χ0n) is 13.6. The lowest BCUT2D eigenvalue weighted by atomic mass is 10.1. The number of aliphatic hydroxyl groups excluding tert-OH is 1. The third-order valence-electron chi connectivity index (χ3n) is 4.21. The molecule has 2 aromatic rings. The zero-order valence-corrected chi connectivity index (χ0v) is 13.6. The van der Waals surface area contributed by atoms with E-state index in [1.165, 1.54) is 18.4 Å². The minimum absolute atomic E-state index is 0.140. The van der Waals surface area contributed by atoms with E-state index in [0.29, 0.717) is 5.82 Å². The molecule has 1 saturated heterocycles. The Balaban J connectivity index is 1.81. The van der Waals surface area contributed by atoms with E-state index in [1.54, 1.807) is 0 Å². The number of benzene rings is 1. The molecule has 122 valence electrons. The number of aliphatic hydroxyl groups is 1. The summed E-state index contributed by atoms with van der Waals surface area (Å²) in [6.45, 7) is 5.06. The molecule has 0 bridgehead atoms. The molecule has 1 aliphatic rings. The van der Waals surface area contributed by atoms with E-state index in [-0.39, 0.29) is 12.6 Å². The number of likely N-dealkylation sites (tertiary alicyclic amines) is 1. The fourth-order valence-electron chi connectivity index (χ4n) is 3.10. The maximum atomic E-state index is 9.31. The van der Waals surface area contributed by atoms with Gasteiger partial charge in [0.05, 0.1) is 6.04 Å². The molecule has 1 aromatic heterocycles. The van der Waals surface area contributed by atoms with Crippen LogP contribution in [-0.2, 0) is 6.61 Å². The van der Waals surface area contributed by atoms with E-state index in [1.807, 2.05) is 19.1 Å². The zero-order chi connectivity index (χ0) is 16.1. The van der Waals surface area contributed by atoms with Crippen molar-refractivity contribution in [1.82, 2.24) is 14.9 Å². The van der Waals surface area contributed by atoms with Gasteiger partial charge in [-0.15, -0.1) is 0 Å². The number of anilines is 1. The Bertz CT molecular complexity index is 626. The van der Waals surface area contributed by atoms with Crippen molar-refractivity contribution in [1.29, 1.82) is 0 Å². The van der Waals surface area contributed by atoms with Crippen molar-refractivity contribution in [2.45, 2.75) is 32.4 Å². The van der Waals surface area contributed by atoms with Crippen LogP contribution in [0.4, 0.5) is 5.82 Å². The standard InChI is InChI=1S/C18H24N4O/c1-14-11-17(21-18(13-23)19-14)20-16(12-22-9-5-6-10-22)15-7-3-2-4-8-15/h2-4,7-8,11,16,23H,5-6,9-10,12-13H2,1H3,(H,19,20,21). The highest BCUT2D eigenvalue weighted by molar-refractivity contribution is 5.40. The fraction of sp³-hybridized carbons (Fsp3) is 0.444. The molecule has 0 saturated carbocycles. The first-order chi connectivity index (χ1) is 11.2. The van der Waals surface area contributed by atoms with Gasteiger partial charge in [-0.25, -0.2) is 9.97 Å². The molecule has 1 atom stereocenters. The number of nitrogens with one attached hydrogen (secondary N) is 1. The lowest BCUT2D eigenvalue weighted by Crippen LogP contribution is -2.29. The second-order valence-corrected chi connectivity index (χ2v) is 6.08. The SMILES string of the molecule is Cc1cc(NC(CN2CCCC2)c2ccccc2)nc(CO)n1. The number of hydrogen-bond acceptors (Lipinski definition) is 5. The van der Waals surface area contributed by atoms with Gasteiger partial charge in [0.1, 0.15) is 12.4 Å². The van der Waals surface area contributed by atoms with Crippen LogP contribution in [0.25, 0.3) is 0 Å². The molecule has 2 heterocycles. The van der Waals surface area contributed by atoms with Crippen molar-refractivity contribution in [3.63, 3.8) is 0 Å². The molecule has 0 amide bonds. The Morgan fingerprint density at radius 3 is 2.61 bits per heavy atom. The van der Waals surface area contributed by atoms with Crippen molar-refractivity contribution in [3.8, 4) is 0 Å². The summed E-state index contributed by atoms with van der Waals surface area (Å²) in [7, 11) is 0. The first kappa shape index (κ1) is 15.9. The number of aryl methyl sites for hydroxylation is 1. The first-order valence-corrected chi connectivity index (χ1v) is 8.24. The van der Waals surface area contributed by atoms with Crippen LogP contribution in [0.3, 0.4) is 0 Å². The van der Waals surface area contributed by atoms with E-state index in [4.69, 9.17) is 0 Å². The first-order valence-electron chi connectivity index (χ1n) is 8.24. The summed E-state index contributed by atoms with van der Waals surface area (Å²) < 4.78 is 0. The molecule has 3 rings (SSSR count). The van der Waals surface area contributed by atoms with Crippen molar-refractivity contribution in [2.24, 2.45) is 0 Å². The monoisotopic (exact) mass is 312 g/mol. The van der Waals surface area contributed by atoms with Gasteiger partial charge in [-0.05, 0) is 38.4 Å². The van der Waals surface area contributed by atoms with E-state index in [9.17, 15) is 5.11 Å². The Labute approximate surface area is 137 Å². The quantitative estimate of drug-likeness (QED) is 0.858. The summed E-state index contributed by atoms with van der Waals surface area (Å²) in [6, 6.07) is 12.6. The van der Waals surface area contributed by atoms with Gasteiger partial charge in [-0.1, -0.05) is 30.3 Å². The largest absolute Gasteiger partial charge is 0.388 e. The topological polar surface area (TPSA) is 61.3 Å². The van der Waals surface area contributed by atoms with Gasteiger partial charge >= 0.3 is 0 Å². The normalized spacial score (nSPS) is 16.4. The van der Waals surface area contributed by atoms with Gasteiger partial charge in [0, 0.05) is 18.3 Å². The van der Waals surface area contributed by atoms with Crippen molar-refractivity contribution >= 4 is 5.82 Å². The molecule has 23 heavy (non-hydrogen) atoms.